The summed E-state index contributed by atoms with van der Waals surface area (Å²) < 4.78 is 0. The Bertz CT molecular complexity index is 215. The number of hydrogen-bond donors (Lipinski definition) is 0. The SMILES string of the molecule is CCC1CCN(C2CC2)C2(CCC2)C1. The van der Waals surface area contributed by atoms with E-state index in [0.717, 1.165) is 12.0 Å². The summed E-state index contributed by atoms with van der Waals surface area (Å²) in [6.45, 7) is 3.80. The first-order valence-electron chi connectivity index (χ1n) is 6.61. The highest BCUT2D eigenvalue weighted by Gasteiger charge is 2.50. The van der Waals surface area contributed by atoms with Gasteiger partial charge in [-0.2, -0.15) is 0 Å². The third kappa shape index (κ3) is 1.32. The van der Waals surface area contributed by atoms with E-state index in [9.17, 15) is 0 Å². The molecule has 2 aliphatic carbocycles. The van der Waals surface area contributed by atoms with Gasteiger partial charge in [0.05, 0.1) is 0 Å². The van der Waals surface area contributed by atoms with Crippen molar-refractivity contribution in [2.75, 3.05) is 6.54 Å². The zero-order valence-corrected chi connectivity index (χ0v) is 9.47. The Morgan fingerprint density at radius 1 is 1.21 bits per heavy atom. The minimum absolute atomic E-state index is 0.708. The molecular weight excluding hydrogens is 170 g/mol. The first-order chi connectivity index (χ1) is 6.84. The molecule has 0 aromatic rings. The molecule has 2 saturated carbocycles. The Morgan fingerprint density at radius 2 is 2.00 bits per heavy atom. The standard InChI is InChI=1S/C13H23N/c1-2-11-6-9-14(12-4-5-12)13(10-11)7-3-8-13/h11-12H,2-10H2,1H3. The van der Waals surface area contributed by atoms with Gasteiger partial charge in [-0.25, -0.2) is 0 Å². The summed E-state index contributed by atoms with van der Waals surface area (Å²) in [6, 6.07) is 1.01. The van der Waals surface area contributed by atoms with E-state index in [1.165, 1.54) is 57.9 Å². The van der Waals surface area contributed by atoms with Crippen LogP contribution in [0.3, 0.4) is 0 Å². The summed E-state index contributed by atoms with van der Waals surface area (Å²) in [5.74, 6) is 1.05. The summed E-state index contributed by atoms with van der Waals surface area (Å²) in [6.07, 6.45) is 12.0. The van der Waals surface area contributed by atoms with Crippen LogP contribution < -0.4 is 0 Å². The van der Waals surface area contributed by atoms with E-state index in [0.29, 0.717) is 5.54 Å². The second-order valence-electron chi connectivity index (χ2n) is 5.77. The van der Waals surface area contributed by atoms with Crippen LogP contribution in [0.15, 0.2) is 0 Å². The fraction of sp³-hybridized carbons (Fsp3) is 1.00. The second-order valence-corrected chi connectivity index (χ2v) is 5.77. The number of rotatable bonds is 2. The van der Waals surface area contributed by atoms with E-state index < -0.39 is 0 Å². The lowest BCUT2D eigenvalue weighted by molar-refractivity contribution is -0.0442. The van der Waals surface area contributed by atoms with Crippen molar-refractivity contribution in [1.29, 1.82) is 0 Å². The third-order valence-corrected chi connectivity index (χ3v) is 4.91. The van der Waals surface area contributed by atoms with E-state index in [1.807, 2.05) is 0 Å². The molecule has 0 bridgehead atoms. The summed E-state index contributed by atoms with van der Waals surface area (Å²) in [5.41, 5.74) is 0.708. The van der Waals surface area contributed by atoms with Crippen LogP contribution in [-0.2, 0) is 0 Å². The van der Waals surface area contributed by atoms with E-state index in [1.54, 1.807) is 0 Å². The fourth-order valence-corrected chi connectivity index (χ4v) is 3.70. The fourth-order valence-electron chi connectivity index (χ4n) is 3.70. The molecule has 0 N–H and O–H groups in total. The number of likely N-dealkylation sites (tertiary alicyclic amines) is 1. The Labute approximate surface area is 87.9 Å². The van der Waals surface area contributed by atoms with Crippen LogP contribution in [0.25, 0.3) is 0 Å². The molecular formula is C13H23N. The molecule has 1 atom stereocenters. The quantitative estimate of drug-likeness (QED) is 0.651. The first kappa shape index (κ1) is 9.21. The predicted molar refractivity (Wildman–Crippen MR) is 59.3 cm³/mol. The molecule has 1 saturated heterocycles. The molecule has 3 rings (SSSR count). The Balaban J connectivity index is 1.73. The van der Waals surface area contributed by atoms with Gasteiger partial charge in [0.15, 0.2) is 0 Å². The van der Waals surface area contributed by atoms with E-state index >= 15 is 0 Å². The van der Waals surface area contributed by atoms with Crippen LogP contribution in [-0.4, -0.2) is 23.0 Å². The summed E-state index contributed by atoms with van der Waals surface area (Å²) in [5, 5.41) is 0. The molecule has 1 aliphatic heterocycles. The number of piperidine rings is 1. The van der Waals surface area contributed by atoms with Crippen molar-refractivity contribution in [2.45, 2.75) is 69.9 Å². The van der Waals surface area contributed by atoms with Gasteiger partial charge in [-0.1, -0.05) is 13.3 Å². The van der Waals surface area contributed by atoms with Gasteiger partial charge in [0.1, 0.15) is 0 Å². The molecule has 1 spiro atoms. The summed E-state index contributed by atoms with van der Waals surface area (Å²) in [7, 11) is 0. The summed E-state index contributed by atoms with van der Waals surface area (Å²) >= 11 is 0. The molecule has 1 nitrogen and oxygen atoms in total. The van der Waals surface area contributed by atoms with Gasteiger partial charge >= 0.3 is 0 Å². The average molecular weight is 193 g/mol. The second kappa shape index (κ2) is 3.23. The molecule has 3 aliphatic rings. The van der Waals surface area contributed by atoms with E-state index in [-0.39, 0.29) is 0 Å². The van der Waals surface area contributed by atoms with Crippen molar-refractivity contribution < 1.29 is 0 Å². The minimum atomic E-state index is 0.708. The highest BCUT2D eigenvalue weighted by atomic mass is 15.3. The molecule has 0 aromatic heterocycles. The van der Waals surface area contributed by atoms with Crippen LogP contribution in [0.5, 0.6) is 0 Å². The third-order valence-electron chi connectivity index (χ3n) is 4.91. The van der Waals surface area contributed by atoms with E-state index in [2.05, 4.69) is 11.8 Å². The molecule has 14 heavy (non-hydrogen) atoms. The summed E-state index contributed by atoms with van der Waals surface area (Å²) in [4.78, 5) is 2.91. The minimum Gasteiger partial charge on any atom is -0.295 e. The van der Waals surface area contributed by atoms with Crippen molar-refractivity contribution in [3.8, 4) is 0 Å². The normalized spacial score (nSPS) is 37.1. The van der Waals surface area contributed by atoms with E-state index in [4.69, 9.17) is 0 Å². The largest absolute Gasteiger partial charge is 0.295 e. The smallest absolute Gasteiger partial charge is 0.0215 e. The average Bonchev–Trinajstić information content (AvgIpc) is 2.97. The van der Waals surface area contributed by atoms with Gasteiger partial charge < -0.3 is 0 Å². The number of hydrogen-bond acceptors (Lipinski definition) is 1. The zero-order valence-electron chi connectivity index (χ0n) is 9.47. The molecule has 0 aromatic carbocycles. The molecule has 0 amide bonds. The lowest BCUT2D eigenvalue weighted by atomic mass is 9.66. The van der Waals surface area contributed by atoms with Crippen LogP contribution in [0.2, 0.25) is 0 Å². The highest BCUT2D eigenvalue weighted by molar-refractivity contribution is 5.06. The van der Waals surface area contributed by atoms with Crippen LogP contribution >= 0.6 is 0 Å². The van der Waals surface area contributed by atoms with Gasteiger partial charge in [0, 0.05) is 11.6 Å². The van der Waals surface area contributed by atoms with Crippen molar-refractivity contribution in [2.24, 2.45) is 5.92 Å². The topological polar surface area (TPSA) is 3.24 Å². The van der Waals surface area contributed by atoms with Gasteiger partial charge in [-0.15, -0.1) is 0 Å². The Hall–Kier alpha value is -0.0400. The molecule has 1 heterocycles. The maximum Gasteiger partial charge on any atom is 0.0215 e. The maximum absolute atomic E-state index is 2.91. The highest BCUT2D eigenvalue weighted by Crippen LogP contribution is 2.50. The maximum atomic E-state index is 2.91. The monoisotopic (exact) mass is 193 g/mol. The van der Waals surface area contributed by atoms with Gasteiger partial charge in [-0.05, 0) is 57.4 Å². The van der Waals surface area contributed by atoms with Crippen molar-refractivity contribution >= 4 is 0 Å². The zero-order chi connectivity index (χ0) is 9.60. The Morgan fingerprint density at radius 3 is 2.50 bits per heavy atom. The Kier molecular flexibility index (Phi) is 2.12. The molecule has 80 valence electrons. The molecule has 1 heteroatoms. The number of nitrogens with zero attached hydrogens (tertiary/aromatic N) is 1. The van der Waals surface area contributed by atoms with Crippen molar-refractivity contribution in [1.82, 2.24) is 4.90 Å². The van der Waals surface area contributed by atoms with Crippen molar-refractivity contribution in [3.05, 3.63) is 0 Å². The lowest BCUT2D eigenvalue weighted by Crippen LogP contribution is -2.58. The van der Waals surface area contributed by atoms with Crippen LogP contribution in [0.1, 0.15) is 58.3 Å². The van der Waals surface area contributed by atoms with Crippen LogP contribution in [0, 0.1) is 5.92 Å². The lowest BCUT2D eigenvalue weighted by Gasteiger charge is -2.55. The van der Waals surface area contributed by atoms with Gasteiger partial charge in [0.2, 0.25) is 0 Å². The molecule has 3 fully saturated rings. The van der Waals surface area contributed by atoms with Gasteiger partial charge in [-0.3, -0.25) is 4.90 Å². The van der Waals surface area contributed by atoms with Gasteiger partial charge in [0.25, 0.3) is 0 Å². The first-order valence-corrected chi connectivity index (χ1v) is 6.61. The predicted octanol–water partition coefficient (Wildman–Crippen LogP) is 3.19. The van der Waals surface area contributed by atoms with Crippen LogP contribution in [0.4, 0.5) is 0 Å². The molecule has 0 radical (unpaired) electrons. The molecule has 1 unspecified atom stereocenters. The van der Waals surface area contributed by atoms with Crippen molar-refractivity contribution in [3.63, 3.8) is 0 Å².